The molecule has 1 aliphatic rings. The number of aryl methyl sites for hydroxylation is 2. The van der Waals surface area contributed by atoms with E-state index in [4.69, 9.17) is 0 Å². The highest BCUT2D eigenvalue weighted by Gasteiger charge is 2.35. The van der Waals surface area contributed by atoms with E-state index in [0.717, 1.165) is 22.5 Å². The minimum atomic E-state index is -0.326. The monoisotopic (exact) mass is 340 g/mol. The zero-order valence-corrected chi connectivity index (χ0v) is 15.1. The Labute approximate surface area is 147 Å². The molecule has 2 amide bonds. The van der Waals surface area contributed by atoms with Gasteiger partial charge in [-0.1, -0.05) is 17.7 Å². The van der Waals surface area contributed by atoms with Crippen LogP contribution in [0.2, 0.25) is 0 Å². The maximum Gasteiger partial charge on any atom is 0.227 e. The number of nitrogens with zero attached hydrogens (tertiary/aromatic N) is 3. The lowest BCUT2D eigenvalue weighted by Crippen LogP contribution is -2.34. The summed E-state index contributed by atoms with van der Waals surface area (Å²) in [5.41, 5.74) is 4.01. The molecule has 2 heterocycles. The highest BCUT2D eigenvalue weighted by Crippen LogP contribution is 2.26. The van der Waals surface area contributed by atoms with Gasteiger partial charge in [0.05, 0.1) is 18.2 Å². The molecule has 6 heteroatoms. The molecule has 0 unspecified atom stereocenters. The van der Waals surface area contributed by atoms with E-state index < -0.39 is 0 Å². The highest BCUT2D eigenvalue weighted by atomic mass is 16.2. The van der Waals surface area contributed by atoms with E-state index >= 15 is 0 Å². The average Bonchev–Trinajstić information content (AvgIpc) is 3.12. The van der Waals surface area contributed by atoms with Crippen molar-refractivity contribution in [1.82, 2.24) is 15.1 Å². The van der Waals surface area contributed by atoms with Gasteiger partial charge in [0.15, 0.2) is 0 Å². The summed E-state index contributed by atoms with van der Waals surface area (Å²) < 4.78 is 1.79. The predicted octanol–water partition coefficient (Wildman–Crippen LogP) is 2.27. The maximum atomic E-state index is 12.6. The van der Waals surface area contributed by atoms with Crippen molar-refractivity contribution in [3.05, 3.63) is 47.3 Å². The predicted molar refractivity (Wildman–Crippen MR) is 96.1 cm³/mol. The summed E-state index contributed by atoms with van der Waals surface area (Å²) in [5, 5.41) is 7.24. The third-order valence-corrected chi connectivity index (χ3v) is 4.94. The lowest BCUT2D eigenvalue weighted by atomic mass is 10.1. The Morgan fingerprint density at radius 1 is 1.28 bits per heavy atom. The van der Waals surface area contributed by atoms with Gasteiger partial charge in [0.25, 0.3) is 0 Å². The Balaban J connectivity index is 1.66. The number of hydrogen-bond acceptors (Lipinski definition) is 3. The normalized spacial score (nSPS) is 18.5. The summed E-state index contributed by atoms with van der Waals surface area (Å²) in [6.45, 7) is 6.35. The fourth-order valence-corrected chi connectivity index (χ4v) is 3.21. The Morgan fingerprint density at radius 2 is 1.96 bits per heavy atom. The Kier molecular flexibility index (Phi) is 4.61. The van der Waals surface area contributed by atoms with Crippen LogP contribution in [0.25, 0.3) is 0 Å². The molecule has 132 valence electrons. The topological polar surface area (TPSA) is 67.2 Å². The number of carbonyl (C=O) groups excluding carboxylic acids is 2. The molecule has 0 aliphatic carbocycles. The number of amides is 2. The van der Waals surface area contributed by atoms with Gasteiger partial charge >= 0.3 is 0 Å². The molecule has 1 aromatic carbocycles. The smallest absolute Gasteiger partial charge is 0.227 e. The number of nitrogens with one attached hydrogen (secondary N) is 1. The molecule has 0 bridgehead atoms. The largest absolute Gasteiger partial charge is 0.349 e. The van der Waals surface area contributed by atoms with Crippen molar-refractivity contribution in [1.29, 1.82) is 0 Å². The van der Waals surface area contributed by atoms with Crippen LogP contribution in [0.3, 0.4) is 0 Å². The van der Waals surface area contributed by atoms with Crippen LogP contribution >= 0.6 is 0 Å². The first-order valence-corrected chi connectivity index (χ1v) is 8.52. The standard InChI is InChI=1S/C19H24N4O2/c1-12-5-7-16(8-6-12)23-11-15(9-18(23)24)19(25)21-13(2)17-10-20-22(4)14(17)3/h5-8,10,13,15H,9,11H2,1-4H3,(H,21,25)/t13-,15+/m1/s1. The second-order valence-corrected chi connectivity index (χ2v) is 6.78. The Bertz CT molecular complexity index is 794. The van der Waals surface area contributed by atoms with Crippen molar-refractivity contribution in [2.45, 2.75) is 33.2 Å². The maximum absolute atomic E-state index is 12.6. The van der Waals surface area contributed by atoms with Gasteiger partial charge in [-0.25, -0.2) is 0 Å². The fourth-order valence-electron chi connectivity index (χ4n) is 3.21. The number of aromatic nitrogens is 2. The minimum Gasteiger partial charge on any atom is -0.349 e. The molecule has 1 aliphatic heterocycles. The summed E-state index contributed by atoms with van der Waals surface area (Å²) in [6.07, 6.45) is 2.02. The van der Waals surface area contributed by atoms with Crippen LogP contribution in [0, 0.1) is 19.8 Å². The van der Waals surface area contributed by atoms with E-state index in [1.54, 1.807) is 15.8 Å². The molecule has 0 spiro atoms. The van der Waals surface area contributed by atoms with Crippen molar-refractivity contribution in [3.8, 4) is 0 Å². The summed E-state index contributed by atoms with van der Waals surface area (Å²) in [4.78, 5) is 26.6. The molecule has 1 fully saturated rings. The van der Waals surface area contributed by atoms with Gasteiger partial charge in [0.1, 0.15) is 0 Å². The zero-order valence-electron chi connectivity index (χ0n) is 15.1. The Hall–Kier alpha value is -2.63. The number of rotatable bonds is 4. The number of anilines is 1. The lowest BCUT2D eigenvalue weighted by molar-refractivity contribution is -0.126. The molecule has 1 N–H and O–H groups in total. The highest BCUT2D eigenvalue weighted by molar-refractivity contribution is 6.00. The molecule has 2 aromatic rings. The van der Waals surface area contributed by atoms with Crippen LogP contribution < -0.4 is 10.2 Å². The van der Waals surface area contributed by atoms with Crippen molar-refractivity contribution in [2.75, 3.05) is 11.4 Å². The van der Waals surface area contributed by atoms with Crippen molar-refractivity contribution in [2.24, 2.45) is 13.0 Å². The molecule has 1 aromatic heterocycles. The van der Waals surface area contributed by atoms with Gasteiger partial charge in [-0.05, 0) is 32.9 Å². The fraction of sp³-hybridized carbons (Fsp3) is 0.421. The first-order chi connectivity index (χ1) is 11.9. The van der Waals surface area contributed by atoms with Gasteiger partial charge in [0, 0.05) is 37.0 Å². The molecule has 2 atom stereocenters. The van der Waals surface area contributed by atoms with E-state index in [0.29, 0.717) is 6.54 Å². The van der Waals surface area contributed by atoms with E-state index in [2.05, 4.69) is 10.4 Å². The molecule has 0 radical (unpaired) electrons. The minimum absolute atomic E-state index is 0.00536. The molecule has 25 heavy (non-hydrogen) atoms. The summed E-state index contributed by atoms with van der Waals surface area (Å²) in [5.74, 6) is -0.416. The summed E-state index contributed by atoms with van der Waals surface area (Å²) >= 11 is 0. The van der Waals surface area contributed by atoms with Crippen molar-refractivity contribution < 1.29 is 9.59 Å². The quantitative estimate of drug-likeness (QED) is 0.928. The molecular formula is C19H24N4O2. The van der Waals surface area contributed by atoms with Crippen molar-refractivity contribution >= 4 is 17.5 Å². The van der Waals surface area contributed by atoms with E-state index in [9.17, 15) is 9.59 Å². The molecular weight excluding hydrogens is 316 g/mol. The third kappa shape index (κ3) is 3.43. The lowest BCUT2D eigenvalue weighted by Gasteiger charge is -2.18. The number of carbonyl (C=O) groups is 2. The number of hydrogen-bond donors (Lipinski definition) is 1. The van der Waals surface area contributed by atoms with Crippen molar-refractivity contribution in [3.63, 3.8) is 0 Å². The van der Waals surface area contributed by atoms with Gasteiger partial charge in [0.2, 0.25) is 11.8 Å². The first kappa shape index (κ1) is 17.2. The van der Waals surface area contributed by atoms with Gasteiger partial charge in [-0.15, -0.1) is 0 Å². The molecule has 1 saturated heterocycles. The SMILES string of the molecule is Cc1ccc(N2C[C@@H](C(=O)N[C@H](C)c3cnn(C)c3C)CC2=O)cc1. The molecule has 3 rings (SSSR count). The Morgan fingerprint density at radius 3 is 2.56 bits per heavy atom. The average molecular weight is 340 g/mol. The van der Waals surface area contributed by atoms with Crippen LogP contribution in [0.5, 0.6) is 0 Å². The van der Waals surface area contributed by atoms with Crippen LogP contribution in [-0.4, -0.2) is 28.1 Å². The summed E-state index contributed by atoms with van der Waals surface area (Å²) in [7, 11) is 1.88. The second-order valence-electron chi connectivity index (χ2n) is 6.78. The number of benzene rings is 1. The van der Waals surface area contributed by atoms with Gasteiger partial charge in [-0.2, -0.15) is 5.10 Å². The van der Waals surface area contributed by atoms with Crippen LogP contribution in [0.1, 0.15) is 36.2 Å². The first-order valence-electron chi connectivity index (χ1n) is 8.52. The van der Waals surface area contributed by atoms with E-state index in [-0.39, 0.29) is 30.2 Å². The van der Waals surface area contributed by atoms with E-state index in [1.807, 2.05) is 52.1 Å². The van der Waals surface area contributed by atoms with Crippen LogP contribution in [0.15, 0.2) is 30.5 Å². The van der Waals surface area contributed by atoms with E-state index in [1.165, 1.54) is 0 Å². The van der Waals surface area contributed by atoms with Gasteiger partial charge in [-0.3, -0.25) is 14.3 Å². The summed E-state index contributed by atoms with van der Waals surface area (Å²) in [6, 6.07) is 7.67. The van der Waals surface area contributed by atoms with Crippen LogP contribution in [-0.2, 0) is 16.6 Å². The third-order valence-electron chi connectivity index (χ3n) is 4.94. The van der Waals surface area contributed by atoms with Crippen LogP contribution in [0.4, 0.5) is 5.69 Å². The molecule has 0 saturated carbocycles. The van der Waals surface area contributed by atoms with Gasteiger partial charge < -0.3 is 10.2 Å². The second kappa shape index (κ2) is 6.70. The molecule has 6 nitrogen and oxygen atoms in total. The zero-order chi connectivity index (χ0) is 18.1.